The molecule has 1 saturated carbocycles. The lowest BCUT2D eigenvalue weighted by Crippen LogP contribution is -2.53. The van der Waals surface area contributed by atoms with Crippen molar-refractivity contribution < 1.29 is 9.90 Å². The summed E-state index contributed by atoms with van der Waals surface area (Å²) in [6.45, 7) is 8.59. The third-order valence-electron chi connectivity index (χ3n) is 7.23. The number of hydrogen-bond acceptors (Lipinski definition) is 2. The zero-order valence-corrected chi connectivity index (χ0v) is 15.2. The quantitative estimate of drug-likeness (QED) is 0.798. The van der Waals surface area contributed by atoms with Crippen LogP contribution in [0.5, 0.6) is 0 Å². The Bertz CT molecular complexity index is 561. The summed E-state index contributed by atoms with van der Waals surface area (Å²) in [6, 6.07) is 0. The minimum atomic E-state index is -0.628. The van der Waals surface area contributed by atoms with E-state index in [-0.39, 0.29) is 5.41 Å². The molecule has 0 aromatic carbocycles. The van der Waals surface area contributed by atoms with Gasteiger partial charge in [0.2, 0.25) is 0 Å². The molecule has 3 atom stereocenters. The van der Waals surface area contributed by atoms with Crippen LogP contribution >= 0.6 is 0 Å². The molecule has 0 spiro atoms. The molecule has 0 radical (unpaired) electrons. The molecule has 1 fully saturated rings. The predicted molar refractivity (Wildman–Crippen MR) is 94.1 cm³/mol. The van der Waals surface area contributed by atoms with Crippen LogP contribution in [-0.2, 0) is 4.79 Å². The molecule has 0 aliphatic heterocycles. The van der Waals surface area contributed by atoms with Crippen LogP contribution in [0.4, 0.5) is 0 Å². The van der Waals surface area contributed by atoms with Crippen molar-refractivity contribution in [1.29, 1.82) is 0 Å². The van der Waals surface area contributed by atoms with Gasteiger partial charge in [0.25, 0.3) is 0 Å². The molecule has 23 heavy (non-hydrogen) atoms. The van der Waals surface area contributed by atoms with Crippen LogP contribution in [0.15, 0.2) is 22.8 Å². The Morgan fingerprint density at radius 3 is 2.57 bits per heavy atom. The molecule has 0 heterocycles. The summed E-state index contributed by atoms with van der Waals surface area (Å²) in [7, 11) is 0. The van der Waals surface area contributed by atoms with E-state index in [0.717, 1.165) is 44.9 Å². The SMILES string of the molecule is CCC1[C@@H]2CCC3=CC(=O)CCC3=C2CCC1(CC)C(C)(C)O. The number of hydrogen-bond donors (Lipinski definition) is 1. The van der Waals surface area contributed by atoms with Crippen molar-refractivity contribution in [1.82, 2.24) is 0 Å². The summed E-state index contributed by atoms with van der Waals surface area (Å²) in [5.41, 5.74) is 3.88. The Morgan fingerprint density at radius 1 is 1.22 bits per heavy atom. The van der Waals surface area contributed by atoms with E-state index in [1.807, 2.05) is 19.9 Å². The lowest BCUT2D eigenvalue weighted by Gasteiger charge is -2.56. The Morgan fingerprint density at radius 2 is 1.96 bits per heavy atom. The maximum absolute atomic E-state index is 11.7. The Hall–Kier alpha value is -0.890. The first-order valence-corrected chi connectivity index (χ1v) is 9.52. The van der Waals surface area contributed by atoms with Gasteiger partial charge in [-0.2, -0.15) is 0 Å². The van der Waals surface area contributed by atoms with Crippen molar-refractivity contribution in [2.24, 2.45) is 17.3 Å². The minimum absolute atomic E-state index is 0.0299. The molecule has 2 heteroatoms. The number of fused-ring (bicyclic) bond motifs is 2. The Kier molecular flexibility index (Phi) is 4.33. The van der Waals surface area contributed by atoms with Crippen LogP contribution in [0, 0.1) is 17.3 Å². The van der Waals surface area contributed by atoms with Crippen LogP contribution in [0.3, 0.4) is 0 Å². The summed E-state index contributed by atoms with van der Waals surface area (Å²) in [6.07, 6.45) is 10.2. The van der Waals surface area contributed by atoms with Crippen LogP contribution in [0.2, 0.25) is 0 Å². The Balaban J connectivity index is 2.04. The van der Waals surface area contributed by atoms with Crippen LogP contribution in [0.1, 0.15) is 79.1 Å². The van der Waals surface area contributed by atoms with Gasteiger partial charge in [0.1, 0.15) is 0 Å². The lowest BCUT2D eigenvalue weighted by atomic mass is 9.50. The van der Waals surface area contributed by atoms with Crippen LogP contribution < -0.4 is 0 Å². The van der Waals surface area contributed by atoms with E-state index < -0.39 is 5.60 Å². The van der Waals surface area contributed by atoms with Gasteiger partial charge in [0.05, 0.1) is 5.60 Å². The van der Waals surface area contributed by atoms with Crippen LogP contribution in [-0.4, -0.2) is 16.5 Å². The molecule has 2 unspecified atom stereocenters. The zero-order chi connectivity index (χ0) is 16.8. The first-order valence-electron chi connectivity index (χ1n) is 9.52. The molecule has 0 bridgehead atoms. The van der Waals surface area contributed by atoms with Crippen molar-refractivity contribution in [3.05, 3.63) is 22.8 Å². The maximum Gasteiger partial charge on any atom is 0.156 e. The minimum Gasteiger partial charge on any atom is -0.390 e. The summed E-state index contributed by atoms with van der Waals surface area (Å²) >= 11 is 0. The molecular weight excluding hydrogens is 284 g/mol. The first-order chi connectivity index (χ1) is 10.8. The molecule has 0 amide bonds. The van der Waals surface area contributed by atoms with E-state index in [0.29, 0.717) is 24.0 Å². The van der Waals surface area contributed by atoms with E-state index in [1.54, 1.807) is 5.57 Å². The van der Waals surface area contributed by atoms with Crippen LogP contribution in [0.25, 0.3) is 0 Å². The van der Waals surface area contributed by atoms with E-state index in [2.05, 4.69) is 13.8 Å². The monoisotopic (exact) mass is 316 g/mol. The molecule has 3 rings (SSSR count). The van der Waals surface area contributed by atoms with E-state index in [9.17, 15) is 9.90 Å². The van der Waals surface area contributed by atoms with Crippen molar-refractivity contribution in [3.8, 4) is 0 Å². The highest BCUT2D eigenvalue weighted by Gasteiger charge is 2.53. The van der Waals surface area contributed by atoms with E-state index >= 15 is 0 Å². The third kappa shape index (κ3) is 2.54. The predicted octanol–water partition coefficient (Wildman–Crippen LogP) is 4.97. The molecule has 1 N–H and O–H groups in total. The fraction of sp³-hybridized carbons (Fsp3) is 0.762. The maximum atomic E-state index is 11.7. The number of carbonyl (C=O) groups is 1. The summed E-state index contributed by atoms with van der Waals surface area (Å²) in [5.74, 6) is 1.48. The molecule has 3 aliphatic rings. The summed E-state index contributed by atoms with van der Waals surface area (Å²) in [4.78, 5) is 11.7. The van der Waals surface area contributed by atoms with Gasteiger partial charge in [-0.1, -0.05) is 25.8 Å². The molecule has 0 aromatic rings. The fourth-order valence-corrected chi connectivity index (χ4v) is 6.08. The molecule has 128 valence electrons. The fourth-order valence-electron chi connectivity index (χ4n) is 6.08. The van der Waals surface area contributed by atoms with Gasteiger partial charge in [-0.25, -0.2) is 0 Å². The summed E-state index contributed by atoms with van der Waals surface area (Å²) < 4.78 is 0. The number of aliphatic hydroxyl groups is 1. The van der Waals surface area contributed by atoms with Crippen molar-refractivity contribution in [2.75, 3.05) is 0 Å². The van der Waals surface area contributed by atoms with Gasteiger partial charge in [0, 0.05) is 11.8 Å². The number of ketones is 1. The van der Waals surface area contributed by atoms with E-state index in [4.69, 9.17) is 0 Å². The second-order valence-corrected chi connectivity index (χ2v) is 8.37. The lowest BCUT2D eigenvalue weighted by molar-refractivity contribution is -0.122. The summed E-state index contributed by atoms with van der Waals surface area (Å²) in [5, 5.41) is 11.0. The smallest absolute Gasteiger partial charge is 0.156 e. The van der Waals surface area contributed by atoms with Gasteiger partial charge in [0.15, 0.2) is 5.78 Å². The molecule has 2 nitrogen and oxygen atoms in total. The first kappa shape index (κ1) is 17.0. The Labute approximate surface area is 141 Å². The molecular formula is C21H32O2. The topological polar surface area (TPSA) is 37.3 Å². The zero-order valence-electron chi connectivity index (χ0n) is 15.2. The van der Waals surface area contributed by atoms with Gasteiger partial charge in [-0.3, -0.25) is 4.79 Å². The van der Waals surface area contributed by atoms with Gasteiger partial charge >= 0.3 is 0 Å². The highest BCUT2D eigenvalue weighted by Crippen LogP contribution is 2.59. The highest BCUT2D eigenvalue weighted by atomic mass is 16.3. The second-order valence-electron chi connectivity index (χ2n) is 8.37. The third-order valence-corrected chi connectivity index (χ3v) is 7.23. The number of allylic oxidation sites excluding steroid dienone is 4. The van der Waals surface area contributed by atoms with Crippen molar-refractivity contribution in [3.63, 3.8) is 0 Å². The average molecular weight is 316 g/mol. The normalized spacial score (nSPS) is 34.8. The van der Waals surface area contributed by atoms with E-state index in [1.165, 1.54) is 11.1 Å². The average Bonchev–Trinajstić information content (AvgIpc) is 2.51. The standard InChI is InChI=1S/C21H32O2/c1-5-19-18-9-7-14-13-15(22)8-10-16(14)17(18)11-12-21(19,6-2)20(3,4)23/h13,18-19,23H,5-12H2,1-4H3/t18-,19?,21?/m1/s1. The van der Waals surface area contributed by atoms with Gasteiger partial charge < -0.3 is 5.11 Å². The van der Waals surface area contributed by atoms with Gasteiger partial charge in [-0.05, 0) is 81.4 Å². The molecule has 0 aromatic heterocycles. The van der Waals surface area contributed by atoms with Crippen molar-refractivity contribution in [2.45, 2.75) is 84.7 Å². The number of rotatable bonds is 3. The van der Waals surface area contributed by atoms with Crippen molar-refractivity contribution >= 4 is 5.78 Å². The largest absolute Gasteiger partial charge is 0.390 e. The number of carbonyl (C=O) groups excluding carboxylic acids is 1. The van der Waals surface area contributed by atoms with Gasteiger partial charge in [-0.15, -0.1) is 0 Å². The highest BCUT2D eigenvalue weighted by molar-refractivity contribution is 5.93. The second kappa shape index (κ2) is 5.88. The molecule has 0 saturated heterocycles. The molecule has 3 aliphatic carbocycles.